The van der Waals surface area contributed by atoms with Gasteiger partial charge in [-0.05, 0) is 23.6 Å². The third-order valence-corrected chi connectivity index (χ3v) is 3.19. The van der Waals surface area contributed by atoms with Gasteiger partial charge < -0.3 is 5.32 Å². The highest BCUT2D eigenvalue weighted by Gasteiger charge is 2.43. The molecule has 15 heavy (non-hydrogen) atoms. The molecule has 2 rings (SSSR count). The molecular formula is C10H9BrF3N. The van der Waals surface area contributed by atoms with Crippen LogP contribution in [0.25, 0.3) is 0 Å². The van der Waals surface area contributed by atoms with Gasteiger partial charge in [0.15, 0.2) is 0 Å². The van der Waals surface area contributed by atoms with Crippen molar-refractivity contribution in [3.8, 4) is 0 Å². The molecule has 1 aromatic rings. The van der Waals surface area contributed by atoms with Gasteiger partial charge in [0.05, 0.1) is 0 Å². The number of hydrogen-bond acceptors (Lipinski definition) is 1. The minimum Gasteiger partial charge on any atom is -0.302 e. The van der Waals surface area contributed by atoms with Gasteiger partial charge in [-0.2, -0.15) is 13.2 Å². The van der Waals surface area contributed by atoms with Crippen LogP contribution in [0, 0.1) is 0 Å². The van der Waals surface area contributed by atoms with Gasteiger partial charge in [0.2, 0.25) is 0 Å². The number of fused-ring (bicyclic) bond motifs is 1. The molecule has 0 saturated heterocycles. The normalized spacial score (nSPS) is 21.2. The molecule has 0 saturated carbocycles. The molecule has 1 aliphatic rings. The van der Waals surface area contributed by atoms with Crippen molar-refractivity contribution in [3.63, 3.8) is 0 Å². The predicted molar refractivity (Wildman–Crippen MR) is 54.6 cm³/mol. The maximum atomic E-state index is 12.7. The molecule has 0 amide bonds. The highest BCUT2D eigenvalue weighted by molar-refractivity contribution is 9.10. The zero-order chi connectivity index (χ0) is 11.1. The molecule has 1 heterocycles. The molecule has 1 N–H and O–H groups in total. The first kappa shape index (κ1) is 11.0. The van der Waals surface area contributed by atoms with Gasteiger partial charge in [-0.25, -0.2) is 0 Å². The molecule has 1 aromatic carbocycles. The molecular weight excluding hydrogens is 271 g/mol. The Morgan fingerprint density at radius 2 is 2.07 bits per heavy atom. The van der Waals surface area contributed by atoms with Crippen molar-refractivity contribution in [1.82, 2.24) is 5.32 Å². The Hall–Kier alpha value is -0.550. The van der Waals surface area contributed by atoms with Crippen LogP contribution in [0.3, 0.4) is 0 Å². The van der Waals surface area contributed by atoms with E-state index in [-0.39, 0.29) is 0 Å². The Balaban J connectivity index is 2.50. The Kier molecular flexibility index (Phi) is 2.77. The van der Waals surface area contributed by atoms with Gasteiger partial charge in [-0.1, -0.05) is 28.1 Å². The Labute approximate surface area is 93.8 Å². The summed E-state index contributed by atoms with van der Waals surface area (Å²) in [5, 5.41) is 2.50. The van der Waals surface area contributed by atoms with E-state index in [1.807, 2.05) is 0 Å². The van der Waals surface area contributed by atoms with Crippen LogP contribution >= 0.6 is 15.9 Å². The predicted octanol–water partition coefficient (Wildman–Crippen LogP) is 3.20. The number of alkyl halides is 3. The monoisotopic (exact) mass is 279 g/mol. The molecule has 1 nitrogen and oxygen atoms in total. The van der Waals surface area contributed by atoms with E-state index in [1.54, 1.807) is 18.2 Å². The van der Waals surface area contributed by atoms with Crippen LogP contribution in [0.5, 0.6) is 0 Å². The topological polar surface area (TPSA) is 12.0 Å². The average Bonchev–Trinajstić information content (AvgIpc) is 2.16. The SMILES string of the molecule is FC(F)(F)C1NCCc2cccc(Br)c21. The molecule has 0 aromatic heterocycles. The third-order valence-electron chi connectivity index (χ3n) is 2.50. The summed E-state index contributed by atoms with van der Waals surface area (Å²) in [6.07, 6.45) is -3.60. The summed E-state index contributed by atoms with van der Waals surface area (Å²) >= 11 is 3.17. The van der Waals surface area contributed by atoms with Gasteiger partial charge in [-0.15, -0.1) is 0 Å². The third kappa shape index (κ3) is 2.03. The maximum Gasteiger partial charge on any atom is 0.407 e. The van der Waals surface area contributed by atoms with E-state index >= 15 is 0 Å². The first-order valence-electron chi connectivity index (χ1n) is 4.57. The lowest BCUT2D eigenvalue weighted by Gasteiger charge is -2.29. The van der Waals surface area contributed by atoms with Crippen molar-refractivity contribution < 1.29 is 13.2 Å². The second-order valence-corrected chi connectivity index (χ2v) is 4.35. The second kappa shape index (κ2) is 3.79. The summed E-state index contributed by atoms with van der Waals surface area (Å²) in [6.45, 7) is 0.369. The fourth-order valence-corrected chi connectivity index (χ4v) is 2.49. The lowest BCUT2D eigenvalue weighted by atomic mass is 9.94. The summed E-state index contributed by atoms with van der Waals surface area (Å²) < 4.78 is 38.7. The molecule has 0 aliphatic carbocycles. The van der Waals surface area contributed by atoms with Crippen molar-refractivity contribution >= 4 is 15.9 Å². The van der Waals surface area contributed by atoms with E-state index in [0.717, 1.165) is 5.56 Å². The zero-order valence-electron chi connectivity index (χ0n) is 7.74. The minimum atomic E-state index is -4.24. The van der Waals surface area contributed by atoms with Gasteiger partial charge in [0, 0.05) is 11.0 Å². The summed E-state index contributed by atoms with van der Waals surface area (Å²) in [6, 6.07) is 3.61. The van der Waals surface area contributed by atoms with Crippen molar-refractivity contribution in [2.24, 2.45) is 0 Å². The Bertz CT molecular complexity index is 375. The maximum absolute atomic E-state index is 12.7. The molecule has 0 spiro atoms. The van der Waals surface area contributed by atoms with Gasteiger partial charge in [0.1, 0.15) is 6.04 Å². The highest BCUT2D eigenvalue weighted by atomic mass is 79.9. The summed E-state index contributed by atoms with van der Waals surface area (Å²) in [4.78, 5) is 0. The molecule has 5 heteroatoms. The van der Waals surface area contributed by atoms with Crippen LogP contribution in [0.4, 0.5) is 13.2 Å². The zero-order valence-corrected chi connectivity index (χ0v) is 9.32. The minimum absolute atomic E-state index is 0.330. The molecule has 0 radical (unpaired) electrons. The van der Waals surface area contributed by atoms with Crippen molar-refractivity contribution in [3.05, 3.63) is 33.8 Å². The van der Waals surface area contributed by atoms with Crippen LogP contribution in [-0.2, 0) is 6.42 Å². The Morgan fingerprint density at radius 1 is 1.33 bits per heavy atom. The van der Waals surface area contributed by atoms with E-state index < -0.39 is 12.2 Å². The van der Waals surface area contributed by atoms with Crippen molar-refractivity contribution in [2.45, 2.75) is 18.6 Å². The summed E-state index contributed by atoms with van der Waals surface area (Å²) in [7, 11) is 0. The number of nitrogens with one attached hydrogen (secondary N) is 1. The molecule has 0 fully saturated rings. The number of halogens is 4. The lowest BCUT2D eigenvalue weighted by molar-refractivity contribution is -0.159. The van der Waals surface area contributed by atoms with E-state index in [9.17, 15) is 13.2 Å². The Morgan fingerprint density at radius 3 is 2.73 bits per heavy atom. The molecule has 82 valence electrons. The molecule has 1 atom stereocenters. The average molecular weight is 280 g/mol. The first-order chi connectivity index (χ1) is 7.00. The van der Waals surface area contributed by atoms with Gasteiger partial charge in [-0.3, -0.25) is 0 Å². The van der Waals surface area contributed by atoms with E-state index in [1.165, 1.54) is 0 Å². The fraction of sp³-hybridized carbons (Fsp3) is 0.400. The smallest absolute Gasteiger partial charge is 0.302 e. The molecule has 0 bridgehead atoms. The van der Waals surface area contributed by atoms with Crippen LogP contribution < -0.4 is 5.32 Å². The quantitative estimate of drug-likeness (QED) is 0.769. The first-order valence-corrected chi connectivity index (χ1v) is 5.37. The number of benzene rings is 1. The van der Waals surface area contributed by atoms with Crippen LogP contribution in [0.2, 0.25) is 0 Å². The summed E-state index contributed by atoms with van der Waals surface area (Å²) in [5.41, 5.74) is 1.10. The van der Waals surface area contributed by atoms with Crippen LogP contribution in [0.1, 0.15) is 17.2 Å². The van der Waals surface area contributed by atoms with Gasteiger partial charge in [0.25, 0.3) is 0 Å². The van der Waals surface area contributed by atoms with Crippen LogP contribution in [0.15, 0.2) is 22.7 Å². The van der Waals surface area contributed by atoms with E-state index in [2.05, 4.69) is 21.2 Å². The fourth-order valence-electron chi connectivity index (χ4n) is 1.86. The highest BCUT2D eigenvalue weighted by Crippen LogP contribution is 2.39. The van der Waals surface area contributed by atoms with E-state index in [0.29, 0.717) is 23.0 Å². The lowest BCUT2D eigenvalue weighted by Crippen LogP contribution is -2.39. The van der Waals surface area contributed by atoms with E-state index in [4.69, 9.17) is 0 Å². The summed E-state index contributed by atoms with van der Waals surface area (Å²) in [5.74, 6) is 0. The van der Waals surface area contributed by atoms with Crippen molar-refractivity contribution in [1.29, 1.82) is 0 Å². The standard InChI is InChI=1S/C10H9BrF3N/c11-7-3-1-2-6-4-5-15-9(8(6)7)10(12,13)14/h1-3,9,15H,4-5H2. The second-order valence-electron chi connectivity index (χ2n) is 3.49. The van der Waals surface area contributed by atoms with Crippen LogP contribution in [-0.4, -0.2) is 12.7 Å². The van der Waals surface area contributed by atoms with Crippen molar-refractivity contribution in [2.75, 3.05) is 6.54 Å². The largest absolute Gasteiger partial charge is 0.407 e. The number of rotatable bonds is 0. The van der Waals surface area contributed by atoms with Gasteiger partial charge >= 0.3 is 6.18 Å². The molecule has 1 unspecified atom stereocenters. The number of hydrogen-bond donors (Lipinski definition) is 1. The molecule has 1 aliphatic heterocycles.